The SMILES string of the molecule is CCOC(=O)c1ccc(Oc2ccnc(C)c2)cc1. The Balaban J connectivity index is 2.08. The quantitative estimate of drug-likeness (QED) is 0.788. The van der Waals surface area contributed by atoms with Crippen molar-refractivity contribution in [2.45, 2.75) is 13.8 Å². The average molecular weight is 257 g/mol. The van der Waals surface area contributed by atoms with Crippen LogP contribution in [-0.4, -0.2) is 17.6 Å². The molecule has 98 valence electrons. The molecular weight excluding hydrogens is 242 g/mol. The highest BCUT2D eigenvalue weighted by atomic mass is 16.5. The van der Waals surface area contributed by atoms with E-state index in [-0.39, 0.29) is 5.97 Å². The monoisotopic (exact) mass is 257 g/mol. The molecule has 0 saturated carbocycles. The van der Waals surface area contributed by atoms with Gasteiger partial charge < -0.3 is 9.47 Å². The van der Waals surface area contributed by atoms with Crippen LogP contribution in [0.4, 0.5) is 0 Å². The van der Waals surface area contributed by atoms with E-state index in [0.29, 0.717) is 17.9 Å². The summed E-state index contributed by atoms with van der Waals surface area (Å²) < 4.78 is 10.6. The van der Waals surface area contributed by atoms with E-state index in [2.05, 4.69) is 4.98 Å². The summed E-state index contributed by atoms with van der Waals surface area (Å²) in [7, 11) is 0. The first-order chi connectivity index (χ1) is 9.19. The van der Waals surface area contributed by atoms with Crippen molar-refractivity contribution >= 4 is 5.97 Å². The van der Waals surface area contributed by atoms with Crippen molar-refractivity contribution in [1.82, 2.24) is 4.98 Å². The first-order valence-electron chi connectivity index (χ1n) is 6.06. The van der Waals surface area contributed by atoms with Crippen molar-refractivity contribution in [3.63, 3.8) is 0 Å². The molecule has 0 unspecified atom stereocenters. The molecule has 0 atom stereocenters. The number of carbonyl (C=O) groups is 1. The molecule has 0 fully saturated rings. The van der Waals surface area contributed by atoms with Crippen molar-refractivity contribution in [3.8, 4) is 11.5 Å². The number of nitrogens with zero attached hydrogens (tertiary/aromatic N) is 1. The Bertz CT molecular complexity index is 564. The number of carbonyl (C=O) groups excluding carboxylic acids is 1. The molecule has 0 aliphatic rings. The zero-order valence-electron chi connectivity index (χ0n) is 10.9. The number of hydrogen-bond donors (Lipinski definition) is 0. The Kier molecular flexibility index (Phi) is 4.13. The second kappa shape index (κ2) is 6.00. The maximum atomic E-state index is 11.5. The van der Waals surface area contributed by atoms with Gasteiger partial charge in [0.1, 0.15) is 11.5 Å². The molecule has 2 rings (SSSR count). The Morgan fingerprint density at radius 1 is 1.16 bits per heavy atom. The minimum Gasteiger partial charge on any atom is -0.462 e. The summed E-state index contributed by atoms with van der Waals surface area (Å²) in [6.07, 6.45) is 1.69. The van der Waals surface area contributed by atoms with Gasteiger partial charge in [0.2, 0.25) is 0 Å². The summed E-state index contributed by atoms with van der Waals surface area (Å²) in [5, 5.41) is 0. The molecule has 1 aromatic heterocycles. The van der Waals surface area contributed by atoms with Crippen LogP contribution in [0.5, 0.6) is 11.5 Å². The molecule has 4 nitrogen and oxygen atoms in total. The highest BCUT2D eigenvalue weighted by Crippen LogP contribution is 2.21. The van der Waals surface area contributed by atoms with Crippen LogP contribution in [0.1, 0.15) is 23.0 Å². The van der Waals surface area contributed by atoms with E-state index in [9.17, 15) is 4.79 Å². The van der Waals surface area contributed by atoms with Gasteiger partial charge in [-0.2, -0.15) is 0 Å². The molecule has 2 aromatic rings. The molecule has 4 heteroatoms. The van der Waals surface area contributed by atoms with Gasteiger partial charge in [-0.15, -0.1) is 0 Å². The molecule has 0 aliphatic carbocycles. The van der Waals surface area contributed by atoms with Crippen LogP contribution in [0.3, 0.4) is 0 Å². The van der Waals surface area contributed by atoms with Crippen LogP contribution in [0.25, 0.3) is 0 Å². The van der Waals surface area contributed by atoms with Gasteiger partial charge in [-0.3, -0.25) is 4.98 Å². The standard InChI is InChI=1S/C15H15NO3/c1-3-18-15(17)12-4-6-13(7-5-12)19-14-8-9-16-11(2)10-14/h4-10H,3H2,1-2H3. The summed E-state index contributed by atoms with van der Waals surface area (Å²) in [5.41, 5.74) is 1.40. The van der Waals surface area contributed by atoms with Crippen LogP contribution >= 0.6 is 0 Å². The van der Waals surface area contributed by atoms with Gasteiger partial charge >= 0.3 is 5.97 Å². The van der Waals surface area contributed by atoms with Crippen LogP contribution in [0.2, 0.25) is 0 Å². The third kappa shape index (κ3) is 3.55. The second-order valence-corrected chi connectivity index (χ2v) is 3.98. The number of ether oxygens (including phenoxy) is 2. The maximum absolute atomic E-state index is 11.5. The fourth-order valence-electron chi connectivity index (χ4n) is 1.59. The van der Waals surface area contributed by atoms with E-state index in [0.717, 1.165) is 11.4 Å². The lowest BCUT2D eigenvalue weighted by atomic mass is 10.2. The van der Waals surface area contributed by atoms with Crippen molar-refractivity contribution in [2.24, 2.45) is 0 Å². The molecule has 0 bridgehead atoms. The highest BCUT2D eigenvalue weighted by Gasteiger charge is 2.06. The average Bonchev–Trinajstić information content (AvgIpc) is 2.40. The number of rotatable bonds is 4. The van der Waals surface area contributed by atoms with Crippen LogP contribution in [0, 0.1) is 6.92 Å². The molecule has 19 heavy (non-hydrogen) atoms. The van der Waals surface area contributed by atoms with Gasteiger partial charge in [0.25, 0.3) is 0 Å². The van der Waals surface area contributed by atoms with Gasteiger partial charge in [0, 0.05) is 18.0 Å². The number of pyridine rings is 1. The van der Waals surface area contributed by atoms with Gasteiger partial charge in [-0.1, -0.05) is 0 Å². The van der Waals surface area contributed by atoms with E-state index in [1.807, 2.05) is 13.0 Å². The number of hydrogen-bond acceptors (Lipinski definition) is 4. The van der Waals surface area contributed by atoms with Gasteiger partial charge in [-0.05, 0) is 44.2 Å². The van der Waals surface area contributed by atoms with E-state index >= 15 is 0 Å². The summed E-state index contributed by atoms with van der Waals surface area (Å²) in [5.74, 6) is 1.06. The van der Waals surface area contributed by atoms with Gasteiger partial charge in [-0.25, -0.2) is 4.79 Å². The van der Waals surface area contributed by atoms with Crippen molar-refractivity contribution in [2.75, 3.05) is 6.61 Å². The number of aryl methyl sites for hydroxylation is 1. The summed E-state index contributed by atoms with van der Waals surface area (Å²) in [4.78, 5) is 15.6. The van der Waals surface area contributed by atoms with Gasteiger partial charge in [0.05, 0.1) is 12.2 Å². The van der Waals surface area contributed by atoms with Crippen molar-refractivity contribution < 1.29 is 14.3 Å². The molecule has 0 aliphatic heterocycles. The maximum Gasteiger partial charge on any atom is 0.338 e. The lowest BCUT2D eigenvalue weighted by Crippen LogP contribution is -2.03. The highest BCUT2D eigenvalue weighted by molar-refractivity contribution is 5.89. The summed E-state index contributed by atoms with van der Waals surface area (Å²) in [6.45, 7) is 4.05. The molecule has 0 spiro atoms. The van der Waals surface area contributed by atoms with Gasteiger partial charge in [0.15, 0.2) is 0 Å². The van der Waals surface area contributed by atoms with E-state index in [4.69, 9.17) is 9.47 Å². The second-order valence-electron chi connectivity index (χ2n) is 3.98. The zero-order valence-corrected chi connectivity index (χ0v) is 10.9. The minimum absolute atomic E-state index is 0.325. The number of esters is 1. The number of benzene rings is 1. The van der Waals surface area contributed by atoms with E-state index in [1.54, 1.807) is 43.5 Å². The van der Waals surface area contributed by atoms with Crippen LogP contribution in [-0.2, 0) is 4.74 Å². The van der Waals surface area contributed by atoms with Crippen LogP contribution < -0.4 is 4.74 Å². The topological polar surface area (TPSA) is 48.4 Å². The zero-order chi connectivity index (χ0) is 13.7. The number of aromatic nitrogens is 1. The molecule has 1 aromatic carbocycles. The third-order valence-corrected chi connectivity index (χ3v) is 2.47. The lowest BCUT2D eigenvalue weighted by molar-refractivity contribution is 0.0526. The van der Waals surface area contributed by atoms with E-state index in [1.165, 1.54) is 0 Å². The predicted octanol–water partition coefficient (Wildman–Crippen LogP) is 3.36. The Morgan fingerprint density at radius 3 is 2.53 bits per heavy atom. The van der Waals surface area contributed by atoms with Crippen molar-refractivity contribution in [1.29, 1.82) is 0 Å². The first-order valence-corrected chi connectivity index (χ1v) is 6.06. The van der Waals surface area contributed by atoms with Crippen molar-refractivity contribution in [3.05, 3.63) is 53.9 Å². The molecule has 1 heterocycles. The molecule has 0 N–H and O–H groups in total. The smallest absolute Gasteiger partial charge is 0.338 e. The Morgan fingerprint density at radius 2 is 1.89 bits per heavy atom. The molecular formula is C15H15NO3. The van der Waals surface area contributed by atoms with Crippen LogP contribution in [0.15, 0.2) is 42.6 Å². The summed E-state index contributed by atoms with van der Waals surface area (Å²) in [6, 6.07) is 10.5. The molecule has 0 saturated heterocycles. The van der Waals surface area contributed by atoms with E-state index < -0.39 is 0 Å². The predicted molar refractivity (Wildman–Crippen MR) is 71.4 cm³/mol. The Hall–Kier alpha value is -2.36. The largest absolute Gasteiger partial charge is 0.462 e. The first kappa shape index (κ1) is 13.1. The minimum atomic E-state index is -0.325. The third-order valence-electron chi connectivity index (χ3n) is 2.47. The summed E-state index contributed by atoms with van der Waals surface area (Å²) >= 11 is 0. The fraction of sp³-hybridized carbons (Fsp3) is 0.200. The Labute approximate surface area is 112 Å². The molecule has 0 amide bonds. The molecule has 0 radical (unpaired) electrons. The lowest BCUT2D eigenvalue weighted by Gasteiger charge is -2.07. The fourth-order valence-corrected chi connectivity index (χ4v) is 1.59. The normalized spacial score (nSPS) is 10.0.